The van der Waals surface area contributed by atoms with E-state index in [1.165, 1.54) is 51.4 Å². The summed E-state index contributed by atoms with van der Waals surface area (Å²) in [4.78, 5) is 0. The average molecular weight is 226 g/mol. The first-order chi connectivity index (χ1) is 7.71. The second-order valence-corrected chi connectivity index (χ2v) is 5.53. The van der Waals surface area contributed by atoms with E-state index in [0.29, 0.717) is 0 Å². The van der Waals surface area contributed by atoms with Gasteiger partial charge in [-0.05, 0) is 17.8 Å². The number of hydrogen-bond acceptors (Lipinski definition) is 0. The van der Waals surface area contributed by atoms with Gasteiger partial charge >= 0.3 is 0 Å². The van der Waals surface area contributed by atoms with Crippen LogP contribution in [0.2, 0.25) is 0 Å². The fraction of sp³-hybridized carbons (Fsp3) is 1.00. The molecule has 0 aromatic rings. The zero-order chi connectivity index (χ0) is 12.4. The van der Waals surface area contributed by atoms with Gasteiger partial charge in [0.05, 0.1) is 0 Å². The largest absolute Gasteiger partial charge is 0.0654 e. The van der Waals surface area contributed by atoms with Gasteiger partial charge in [-0.2, -0.15) is 0 Å². The molecule has 0 saturated heterocycles. The minimum atomic E-state index is 0.924. The van der Waals surface area contributed by atoms with E-state index in [4.69, 9.17) is 0 Å². The van der Waals surface area contributed by atoms with E-state index < -0.39 is 0 Å². The Morgan fingerprint density at radius 2 is 1.38 bits per heavy atom. The van der Waals surface area contributed by atoms with Crippen molar-refractivity contribution in [2.75, 3.05) is 0 Å². The number of hydrogen-bond donors (Lipinski definition) is 0. The Hall–Kier alpha value is 0. The summed E-state index contributed by atoms with van der Waals surface area (Å²) in [6.45, 7) is 11.8. The normalized spacial score (nSPS) is 17.1. The highest BCUT2D eigenvalue weighted by molar-refractivity contribution is 4.74. The van der Waals surface area contributed by atoms with E-state index in [0.717, 1.165) is 17.8 Å². The maximum absolute atomic E-state index is 2.47. The van der Waals surface area contributed by atoms with Crippen LogP contribution < -0.4 is 0 Å². The van der Waals surface area contributed by atoms with Crippen LogP contribution in [0.1, 0.15) is 86.0 Å². The monoisotopic (exact) mass is 226 g/mol. The van der Waals surface area contributed by atoms with Gasteiger partial charge in [0.2, 0.25) is 0 Å². The molecule has 0 bridgehead atoms. The van der Waals surface area contributed by atoms with E-state index >= 15 is 0 Å². The Morgan fingerprint density at radius 3 is 1.81 bits per heavy atom. The maximum atomic E-state index is 2.47. The summed E-state index contributed by atoms with van der Waals surface area (Å²) in [5, 5.41) is 0. The van der Waals surface area contributed by atoms with Crippen molar-refractivity contribution in [2.24, 2.45) is 17.8 Å². The first-order valence-electron chi connectivity index (χ1n) is 7.71. The van der Waals surface area contributed by atoms with Crippen molar-refractivity contribution >= 4 is 0 Å². The quantitative estimate of drug-likeness (QED) is 0.425. The summed E-state index contributed by atoms with van der Waals surface area (Å²) < 4.78 is 0. The summed E-state index contributed by atoms with van der Waals surface area (Å²) in [6, 6.07) is 0. The molecule has 3 unspecified atom stereocenters. The van der Waals surface area contributed by atoms with Crippen molar-refractivity contribution in [1.29, 1.82) is 0 Å². The SMILES string of the molecule is CCCCC(CCC)C(CCC)C(C)CC. The Kier molecular flexibility index (Phi) is 10.2. The van der Waals surface area contributed by atoms with Crippen molar-refractivity contribution in [1.82, 2.24) is 0 Å². The smallest absolute Gasteiger partial charge is 0.0360 e. The molecule has 0 aliphatic carbocycles. The van der Waals surface area contributed by atoms with Gasteiger partial charge in [0.15, 0.2) is 0 Å². The molecule has 0 saturated carbocycles. The summed E-state index contributed by atoms with van der Waals surface area (Å²) >= 11 is 0. The molecule has 0 radical (unpaired) electrons. The molecule has 0 heterocycles. The van der Waals surface area contributed by atoms with Crippen molar-refractivity contribution in [3.8, 4) is 0 Å². The minimum Gasteiger partial charge on any atom is -0.0654 e. The standard InChI is InChI=1S/C16H34/c1-6-10-13-15(11-7-2)16(12-8-3)14(5)9-4/h14-16H,6-13H2,1-5H3. The molecular formula is C16H34. The van der Waals surface area contributed by atoms with Crippen LogP contribution in [0, 0.1) is 17.8 Å². The average Bonchev–Trinajstić information content (AvgIpc) is 2.31. The minimum absolute atomic E-state index is 0.924. The van der Waals surface area contributed by atoms with Crippen LogP contribution in [0.4, 0.5) is 0 Å². The molecule has 0 rings (SSSR count). The van der Waals surface area contributed by atoms with Crippen LogP contribution in [-0.4, -0.2) is 0 Å². The van der Waals surface area contributed by atoms with E-state index in [1.54, 1.807) is 0 Å². The van der Waals surface area contributed by atoms with E-state index in [-0.39, 0.29) is 0 Å². The van der Waals surface area contributed by atoms with Gasteiger partial charge in [0.1, 0.15) is 0 Å². The van der Waals surface area contributed by atoms with Crippen LogP contribution >= 0.6 is 0 Å². The third-order valence-corrected chi connectivity index (χ3v) is 4.19. The Balaban J connectivity index is 4.37. The van der Waals surface area contributed by atoms with Gasteiger partial charge in [0, 0.05) is 0 Å². The topological polar surface area (TPSA) is 0 Å². The van der Waals surface area contributed by atoms with Crippen molar-refractivity contribution in [2.45, 2.75) is 86.0 Å². The molecule has 0 N–H and O–H groups in total. The van der Waals surface area contributed by atoms with Gasteiger partial charge in [-0.25, -0.2) is 0 Å². The molecule has 0 amide bonds. The predicted octanol–water partition coefficient (Wildman–Crippen LogP) is 6.06. The molecular weight excluding hydrogens is 192 g/mol. The molecule has 3 atom stereocenters. The van der Waals surface area contributed by atoms with E-state index in [1.807, 2.05) is 0 Å². The van der Waals surface area contributed by atoms with Crippen LogP contribution in [0.5, 0.6) is 0 Å². The second-order valence-electron chi connectivity index (χ2n) is 5.53. The van der Waals surface area contributed by atoms with E-state index in [2.05, 4.69) is 34.6 Å². The first kappa shape index (κ1) is 16.0. The highest BCUT2D eigenvalue weighted by atomic mass is 14.3. The van der Waals surface area contributed by atoms with Crippen LogP contribution in [0.3, 0.4) is 0 Å². The summed E-state index contributed by atoms with van der Waals surface area (Å²) in [6.07, 6.45) is 11.3. The highest BCUT2D eigenvalue weighted by Crippen LogP contribution is 2.34. The molecule has 0 aliphatic heterocycles. The summed E-state index contributed by atoms with van der Waals surface area (Å²) in [7, 11) is 0. The third kappa shape index (κ3) is 5.92. The van der Waals surface area contributed by atoms with Gasteiger partial charge < -0.3 is 0 Å². The maximum Gasteiger partial charge on any atom is -0.0360 e. The molecule has 98 valence electrons. The summed E-state index contributed by atoms with van der Waals surface area (Å²) in [5.41, 5.74) is 0. The Labute approximate surface area is 104 Å². The Morgan fingerprint density at radius 1 is 0.750 bits per heavy atom. The first-order valence-corrected chi connectivity index (χ1v) is 7.71. The van der Waals surface area contributed by atoms with E-state index in [9.17, 15) is 0 Å². The molecule has 0 aromatic heterocycles. The fourth-order valence-corrected chi connectivity index (χ4v) is 3.03. The lowest BCUT2D eigenvalue weighted by Crippen LogP contribution is -2.21. The van der Waals surface area contributed by atoms with Crippen molar-refractivity contribution in [3.05, 3.63) is 0 Å². The lowest BCUT2D eigenvalue weighted by Gasteiger charge is -2.31. The fourth-order valence-electron chi connectivity index (χ4n) is 3.03. The van der Waals surface area contributed by atoms with Gasteiger partial charge in [-0.15, -0.1) is 0 Å². The molecule has 0 nitrogen and oxygen atoms in total. The zero-order valence-corrected chi connectivity index (χ0v) is 12.4. The van der Waals surface area contributed by atoms with Gasteiger partial charge in [0.25, 0.3) is 0 Å². The second kappa shape index (κ2) is 10.2. The molecule has 0 aliphatic rings. The molecule has 0 aromatic carbocycles. The van der Waals surface area contributed by atoms with Crippen molar-refractivity contribution in [3.63, 3.8) is 0 Å². The number of unbranched alkanes of at least 4 members (excludes halogenated alkanes) is 1. The lowest BCUT2D eigenvalue weighted by molar-refractivity contribution is 0.191. The molecule has 0 fully saturated rings. The molecule has 0 spiro atoms. The van der Waals surface area contributed by atoms with Crippen molar-refractivity contribution < 1.29 is 0 Å². The Bertz CT molecular complexity index is 139. The highest BCUT2D eigenvalue weighted by Gasteiger charge is 2.23. The number of rotatable bonds is 10. The van der Waals surface area contributed by atoms with Gasteiger partial charge in [-0.1, -0.05) is 86.0 Å². The van der Waals surface area contributed by atoms with Crippen LogP contribution in [0.25, 0.3) is 0 Å². The molecule has 0 heteroatoms. The lowest BCUT2D eigenvalue weighted by atomic mass is 9.74. The summed E-state index contributed by atoms with van der Waals surface area (Å²) in [5.74, 6) is 2.91. The van der Waals surface area contributed by atoms with Crippen LogP contribution in [0.15, 0.2) is 0 Å². The third-order valence-electron chi connectivity index (χ3n) is 4.19. The zero-order valence-electron chi connectivity index (χ0n) is 12.4. The molecule has 16 heavy (non-hydrogen) atoms. The van der Waals surface area contributed by atoms with Crippen LogP contribution in [-0.2, 0) is 0 Å². The predicted molar refractivity (Wildman–Crippen MR) is 75.8 cm³/mol. The van der Waals surface area contributed by atoms with Gasteiger partial charge in [-0.3, -0.25) is 0 Å².